The molecule has 0 radical (unpaired) electrons. The maximum atomic E-state index is 13.0. The summed E-state index contributed by atoms with van der Waals surface area (Å²) in [6, 6.07) is 10.5. The van der Waals surface area contributed by atoms with Gasteiger partial charge in [-0.2, -0.15) is 4.98 Å². The minimum atomic E-state index is -3.53. The van der Waals surface area contributed by atoms with E-state index in [2.05, 4.69) is 65.4 Å². The van der Waals surface area contributed by atoms with Gasteiger partial charge >= 0.3 is 0 Å². The van der Waals surface area contributed by atoms with Gasteiger partial charge in [0, 0.05) is 51.5 Å². The van der Waals surface area contributed by atoms with Gasteiger partial charge in [0.1, 0.15) is 11.6 Å². The predicted octanol–water partition coefficient (Wildman–Crippen LogP) is 4.69. The molecule has 0 aliphatic carbocycles. The van der Waals surface area contributed by atoms with Gasteiger partial charge in [-0.25, -0.2) is 13.4 Å². The van der Waals surface area contributed by atoms with E-state index in [1.54, 1.807) is 57.4 Å². The van der Waals surface area contributed by atoms with E-state index in [1.165, 1.54) is 0 Å². The molecule has 1 amide bonds. The Bertz CT molecular complexity index is 1580. The first kappa shape index (κ1) is 33.9. The summed E-state index contributed by atoms with van der Waals surface area (Å²) < 4.78 is 32.9. The molecule has 44 heavy (non-hydrogen) atoms. The van der Waals surface area contributed by atoms with Gasteiger partial charge in [-0.05, 0) is 93.6 Å². The number of halogens is 1. The highest BCUT2D eigenvalue weighted by molar-refractivity contribution is 14.1. The molecule has 1 aliphatic rings. The molecule has 1 fully saturated rings. The first-order chi connectivity index (χ1) is 20.9. The minimum Gasteiger partial charge on any atom is -0.489 e. The first-order valence-electron chi connectivity index (χ1n) is 14.7. The van der Waals surface area contributed by atoms with Crippen LogP contribution in [0.25, 0.3) is 0 Å². The molecule has 1 saturated heterocycles. The number of sulfone groups is 1. The molecule has 0 saturated carbocycles. The lowest BCUT2D eigenvalue weighted by Gasteiger charge is -2.32. The molecule has 0 bridgehead atoms. The van der Waals surface area contributed by atoms with Gasteiger partial charge < -0.3 is 30.5 Å². The van der Waals surface area contributed by atoms with Crippen molar-refractivity contribution in [2.24, 2.45) is 0 Å². The predicted molar refractivity (Wildman–Crippen MR) is 183 cm³/mol. The highest BCUT2D eigenvalue weighted by atomic mass is 127. The van der Waals surface area contributed by atoms with Crippen LogP contribution in [-0.2, 0) is 16.3 Å². The Labute approximate surface area is 274 Å². The second-order valence-electron chi connectivity index (χ2n) is 11.4. The highest BCUT2D eigenvalue weighted by Crippen LogP contribution is 2.34. The lowest BCUT2D eigenvalue weighted by Crippen LogP contribution is -2.45. The summed E-state index contributed by atoms with van der Waals surface area (Å²) in [6.07, 6.45) is 2.24. The van der Waals surface area contributed by atoms with Gasteiger partial charge in [0.2, 0.25) is 5.95 Å². The zero-order valence-corrected chi connectivity index (χ0v) is 29.1. The summed E-state index contributed by atoms with van der Waals surface area (Å²) in [6.45, 7) is 12.1. The van der Waals surface area contributed by atoms with E-state index in [-0.39, 0.29) is 22.9 Å². The monoisotopic (exact) mass is 735 g/mol. The Morgan fingerprint density at radius 2 is 1.75 bits per heavy atom. The third-order valence-electron chi connectivity index (χ3n) is 7.39. The number of nitrogens with zero attached hydrogens (tertiary/aromatic N) is 4. The lowest BCUT2D eigenvalue weighted by atomic mass is 10.0. The van der Waals surface area contributed by atoms with Crippen molar-refractivity contribution in [2.45, 2.75) is 50.4 Å². The number of ether oxygens (including phenoxy) is 1. The number of nitrogens with one attached hydrogen (secondary N) is 3. The number of carbonyl (C=O) groups is 1. The van der Waals surface area contributed by atoms with Crippen molar-refractivity contribution < 1.29 is 17.9 Å². The van der Waals surface area contributed by atoms with E-state index in [9.17, 15) is 13.2 Å². The second-order valence-corrected chi connectivity index (χ2v) is 15.0. The third kappa shape index (κ3) is 8.37. The van der Waals surface area contributed by atoms with Crippen LogP contribution in [0.4, 0.5) is 23.1 Å². The standard InChI is InChI=1S/C31H42IN7O4S/c1-20(2)43-27-17-22(11-12-39-15-13-38(6)14-16-39)23(30(40)33-5)18-26(27)36-31-34-19-24(32)29(37-31)35-25-9-7-8-10-28(25)44(41,42)21(3)4/h7-10,17-21H,11-16H2,1-6H3,(H,33,40)(H2,34,35,36,37). The Kier molecular flexibility index (Phi) is 11.4. The molecule has 4 rings (SSSR count). The van der Waals surface area contributed by atoms with Gasteiger partial charge in [-0.1, -0.05) is 12.1 Å². The fraction of sp³-hybridized carbons (Fsp3) is 0.452. The normalized spacial score (nSPS) is 14.6. The Morgan fingerprint density at radius 3 is 2.41 bits per heavy atom. The van der Waals surface area contributed by atoms with Crippen LogP contribution < -0.4 is 20.7 Å². The zero-order valence-electron chi connectivity index (χ0n) is 26.1. The molecule has 2 aromatic carbocycles. The van der Waals surface area contributed by atoms with E-state index in [0.717, 1.165) is 38.3 Å². The van der Waals surface area contributed by atoms with Crippen molar-refractivity contribution in [3.05, 3.63) is 57.3 Å². The van der Waals surface area contributed by atoms with Gasteiger partial charge in [0.25, 0.3) is 5.91 Å². The fourth-order valence-electron chi connectivity index (χ4n) is 4.81. The van der Waals surface area contributed by atoms with Crippen LogP contribution in [-0.4, -0.2) is 92.3 Å². The molecule has 0 spiro atoms. The minimum absolute atomic E-state index is 0.110. The number of likely N-dealkylation sites (N-methyl/N-ethyl adjacent to an activating group) is 1. The molecule has 0 atom stereocenters. The molecular formula is C31H42IN7O4S. The van der Waals surface area contributed by atoms with Crippen LogP contribution in [0.15, 0.2) is 47.5 Å². The van der Waals surface area contributed by atoms with Gasteiger partial charge in [-0.3, -0.25) is 4.79 Å². The number of carbonyl (C=O) groups excluding carboxylic acids is 1. The number of benzene rings is 2. The summed E-state index contributed by atoms with van der Waals surface area (Å²) in [5.74, 6) is 1.10. The zero-order chi connectivity index (χ0) is 32.0. The molecule has 11 nitrogen and oxygen atoms in total. The van der Waals surface area contributed by atoms with Gasteiger partial charge in [0.15, 0.2) is 9.84 Å². The molecule has 3 aromatic rings. The third-order valence-corrected chi connectivity index (χ3v) is 10.4. The van der Waals surface area contributed by atoms with Crippen LogP contribution in [0.5, 0.6) is 5.75 Å². The summed E-state index contributed by atoms with van der Waals surface area (Å²) in [5, 5.41) is 8.63. The van der Waals surface area contributed by atoms with Crippen LogP contribution in [0.2, 0.25) is 0 Å². The SMILES string of the molecule is CNC(=O)c1cc(Nc2ncc(I)c(Nc3ccccc3S(=O)(=O)C(C)C)n2)c(OC(C)C)cc1CCN1CCN(C)CC1. The van der Waals surface area contributed by atoms with Crippen molar-refractivity contribution in [3.63, 3.8) is 0 Å². The highest BCUT2D eigenvalue weighted by Gasteiger charge is 2.24. The molecule has 1 aliphatic heterocycles. The van der Waals surface area contributed by atoms with E-state index >= 15 is 0 Å². The molecule has 13 heteroatoms. The number of para-hydroxylation sites is 1. The maximum Gasteiger partial charge on any atom is 0.251 e. The van der Waals surface area contributed by atoms with Crippen molar-refractivity contribution >= 4 is 61.5 Å². The van der Waals surface area contributed by atoms with E-state index in [0.29, 0.717) is 38.5 Å². The summed E-state index contributed by atoms with van der Waals surface area (Å²) >= 11 is 2.11. The van der Waals surface area contributed by atoms with Gasteiger partial charge in [0.05, 0.1) is 31.2 Å². The molecule has 1 aromatic heterocycles. The van der Waals surface area contributed by atoms with Crippen LogP contribution >= 0.6 is 22.6 Å². The van der Waals surface area contributed by atoms with Crippen LogP contribution in [0.1, 0.15) is 43.6 Å². The molecule has 3 N–H and O–H groups in total. The first-order valence-corrected chi connectivity index (χ1v) is 17.4. The lowest BCUT2D eigenvalue weighted by molar-refractivity contribution is 0.0961. The summed E-state index contributed by atoms with van der Waals surface area (Å²) in [4.78, 5) is 27.1. The molecule has 238 valence electrons. The number of aromatic nitrogens is 2. The second kappa shape index (κ2) is 14.8. The molecule has 0 unspecified atom stereocenters. The van der Waals surface area contributed by atoms with Crippen molar-refractivity contribution in [1.82, 2.24) is 25.1 Å². The largest absolute Gasteiger partial charge is 0.489 e. The molecule has 2 heterocycles. The van der Waals surface area contributed by atoms with Crippen LogP contribution in [0.3, 0.4) is 0 Å². The number of anilines is 4. The van der Waals surface area contributed by atoms with Crippen molar-refractivity contribution in [2.75, 3.05) is 57.5 Å². The quantitative estimate of drug-likeness (QED) is 0.226. The number of amides is 1. The molecular weight excluding hydrogens is 693 g/mol. The average molecular weight is 736 g/mol. The van der Waals surface area contributed by atoms with Gasteiger partial charge in [-0.15, -0.1) is 0 Å². The van der Waals surface area contributed by atoms with Crippen molar-refractivity contribution in [1.29, 1.82) is 0 Å². The summed E-state index contributed by atoms with van der Waals surface area (Å²) in [5.41, 5.74) is 2.44. The number of piperazine rings is 1. The number of hydrogen-bond acceptors (Lipinski definition) is 10. The topological polar surface area (TPSA) is 129 Å². The van der Waals surface area contributed by atoms with E-state index in [4.69, 9.17) is 4.74 Å². The Hall–Kier alpha value is -3.01. The van der Waals surface area contributed by atoms with Crippen LogP contribution in [0, 0.1) is 3.57 Å². The number of hydrogen-bond donors (Lipinski definition) is 3. The maximum absolute atomic E-state index is 13.0. The number of rotatable bonds is 12. The Morgan fingerprint density at radius 1 is 1.05 bits per heavy atom. The average Bonchev–Trinajstić information content (AvgIpc) is 2.99. The van der Waals surface area contributed by atoms with E-state index in [1.807, 2.05) is 19.9 Å². The smallest absolute Gasteiger partial charge is 0.251 e. The van der Waals surface area contributed by atoms with Crippen molar-refractivity contribution in [3.8, 4) is 5.75 Å². The fourth-order valence-corrected chi connectivity index (χ4v) is 6.41. The Balaban J connectivity index is 1.66. The summed E-state index contributed by atoms with van der Waals surface area (Å²) in [7, 11) is 0.220. The van der Waals surface area contributed by atoms with E-state index < -0.39 is 15.1 Å².